The van der Waals surface area contributed by atoms with Crippen LogP contribution in [0.4, 0.5) is 4.79 Å². The summed E-state index contributed by atoms with van der Waals surface area (Å²) in [5.41, 5.74) is 0. The van der Waals surface area contributed by atoms with E-state index in [2.05, 4.69) is 33.5 Å². The summed E-state index contributed by atoms with van der Waals surface area (Å²) in [6, 6.07) is 4.17. The predicted molar refractivity (Wildman–Crippen MR) is 102 cm³/mol. The normalized spacial score (nSPS) is 16.2. The third kappa shape index (κ3) is 6.42. The van der Waals surface area contributed by atoms with Crippen LogP contribution in [0.3, 0.4) is 0 Å². The van der Waals surface area contributed by atoms with Crippen molar-refractivity contribution in [3.63, 3.8) is 0 Å². The molecule has 6 heteroatoms. The molecule has 0 spiro atoms. The quantitative estimate of drug-likeness (QED) is 0.695. The summed E-state index contributed by atoms with van der Waals surface area (Å²) in [6.45, 7) is 13.6. The molecular formula is C18H32N4OS. The number of rotatable bonds is 9. The highest BCUT2D eigenvalue weighted by Gasteiger charge is 2.15. The molecule has 0 aromatic carbocycles. The van der Waals surface area contributed by atoms with E-state index in [1.165, 1.54) is 37.6 Å². The van der Waals surface area contributed by atoms with Gasteiger partial charge in [-0.25, -0.2) is 4.79 Å². The van der Waals surface area contributed by atoms with Gasteiger partial charge in [0.05, 0.1) is 6.54 Å². The Balaban J connectivity index is 1.55. The van der Waals surface area contributed by atoms with Crippen LogP contribution >= 0.6 is 11.3 Å². The van der Waals surface area contributed by atoms with E-state index in [1.807, 2.05) is 17.9 Å². The van der Waals surface area contributed by atoms with Crippen LogP contribution in [-0.2, 0) is 6.54 Å². The van der Waals surface area contributed by atoms with Crippen molar-refractivity contribution in [2.24, 2.45) is 0 Å². The van der Waals surface area contributed by atoms with Crippen LogP contribution < -0.4 is 5.32 Å². The van der Waals surface area contributed by atoms with Crippen LogP contribution in [0.15, 0.2) is 17.5 Å². The second kappa shape index (κ2) is 10.7. The Bertz CT molecular complexity index is 458. The monoisotopic (exact) mass is 352 g/mol. The molecule has 0 unspecified atom stereocenters. The van der Waals surface area contributed by atoms with E-state index in [9.17, 15) is 4.79 Å². The second-order valence-electron chi connectivity index (χ2n) is 6.31. The summed E-state index contributed by atoms with van der Waals surface area (Å²) in [7, 11) is 0. The van der Waals surface area contributed by atoms with E-state index in [-0.39, 0.29) is 6.03 Å². The molecule has 2 amide bonds. The Morgan fingerprint density at radius 1 is 1.21 bits per heavy atom. The average molecular weight is 353 g/mol. The number of urea groups is 1. The van der Waals surface area contributed by atoms with Crippen LogP contribution in [0.1, 0.15) is 31.6 Å². The lowest BCUT2D eigenvalue weighted by atomic mass is 10.2. The number of unbranched alkanes of at least 4 members (excludes halogenated alkanes) is 1. The first-order valence-electron chi connectivity index (χ1n) is 9.22. The zero-order valence-corrected chi connectivity index (χ0v) is 16.0. The molecule has 1 aromatic heterocycles. The number of nitrogens with one attached hydrogen (secondary N) is 1. The van der Waals surface area contributed by atoms with E-state index in [1.54, 1.807) is 11.3 Å². The second-order valence-corrected chi connectivity index (χ2v) is 7.34. The van der Waals surface area contributed by atoms with Gasteiger partial charge in [-0.15, -0.1) is 11.3 Å². The highest BCUT2D eigenvalue weighted by molar-refractivity contribution is 7.09. The molecule has 0 atom stereocenters. The zero-order chi connectivity index (χ0) is 17.2. The number of thiophene rings is 1. The van der Waals surface area contributed by atoms with Gasteiger partial charge in [-0.1, -0.05) is 13.0 Å². The average Bonchev–Trinajstić information content (AvgIpc) is 3.13. The van der Waals surface area contributed by atoms with Gasteiger partial charge in [-0.05, 0) is 44.3 Å². The third-order valence-corrected chi connectivity index (χ3v) is 5.55. The van der Waals surface area contributed by atoms with Gasteiger partial charge in [0.1, 0.15) is 0 Å². The lowest BCUT2D eigenvalue weighted by Crippen LogP contribution is -2.46. The number of carbonyl (C=O) groups is 1. The predicted octanol–water partition coefficient (Wildman–Crippen LogP) is 2.70. The molecule has 136 valence electrons. The number of hydrogen-bond acceptors (Lipinski definition) is 4. The summed E-state index contributed by atoms with van der Waals surface area (Å²) in [5.74, 6) is 0. The molecule has 1 saturated heterocycles. The molecule has 0 aliphatic carbocycles. The number of likely N-dealkylation sites (N-methyl/N-ethyl adjacent to an activating group) is 1. The maximum absolute atomic E-state index is 12.2. The molecular weight excluding hydrogens is 320 g/mol. The van der Waals surface area contributed by atoms with Crippen molar-refractivity contribution in [2.45, 2.75) is 33.2 Å². The van der Waals surface area contributed by atoms with Gasteiger partial charge in [-0.3, -0.25) is 0 Å². The molecule has 2 rings (SSSR count). The topological polar surface area (TPSA) is 38.8 Å². The highest BCUT2D eigenvalue weighted by Crippen LogP contribution is 2.11. The lowest BCUT2D eigenvalue weighted by molar-refractivity contribution is 0.135. The summed E-state index contributed by atoms with van der Waals surface area (Å²) >= 11 is 1.70. The van der Waals surface area contributed by atoms with Crippen molar-refractivity contribution in [3.8, 4) is 0 Å². The summed E-state index contributed by atoms with van der Waals surface area (Å²) in [4.78, 5) is 20.4. The molecule has 5 nitrogen and oxygen atoms in total. The first-order valence-corrected chi connectivity index (χ1v) is 10.1. The summed E-state index contributed by atoms with van der Waals surface area (Å²) in [5, 5.41) is 5.12. The lowest BCUT2D eigenvalue weighted by Gasteiger charge is -2.34. The Morgan fingerprint density at radius 3 is 2.58 bits per heavy atom. The van der Waals surface area contributed by atoms with E-state index < -0.39 is 0 Å². The van der Waals surface area contributed by atoms with Crippen molar-refractivity contribution < 1.29 is 4.79 Å². The van der Waals surface area contributed by atoms with Gasteiger partial charge in [-0.2, -0.15) is 0 Å². The van der Waals surface area contributed by atoms with E-state index in [4.69, 9.17) is 0 Å². The fourth-order valence-electron chi connectivity index (χ4n) is 3.01. The SMILES string of the molecule is CCN1CCN(CCCCNC(=O)N(CC)Cc2cccs2)CC1. The Kier molecular flexibility index (Phi) is 8.56. The highest BCUT2D eigenvalue weighted by atomic mass is 32.1. The molecule has 0 radical (unpaired) electrons. The van der Waals surface area contributed by atoms with E-state index in [0.717, 1.165) is 32.5 Å². The molecule has 24 heavy (non-hydrogen) atoms. The van der Waals surface area contributed by atoms with Crippen molar-refractivity contribution in [1.29, 1.82) is 0 Å². The largest absolute Gasteiger partial charge is 0.338 e. The van der Waals surface area contributed by atoms with Gasteiger partial charge in [0.15, 0.2) is 0 Å². The summed E-state index contributed by atoms with van der Waals surface area (Å²) in [6.07, 6.45) is 2.21. The van der Waals surface area contributed by atoms with E-state index in [0.29, 0.717) is 6.54 Å². The zero-order valence-electron chi connectivity index (χ0n) is 15.2. The van der Waals surface area contributed by atoms with Gasteiger partial charge in [0.2, 0.25) is 0 Å². The first kappa shape index (κ1) is 19.2. The Hall–Kier alpha value is -1.11. The fraction of sp³-hybridized carbons (Fsp3) is 0.722. The van der Waals surface area contributed by atoms with Crippen molar-refractivity contribution in [2.75, 3.05) is 52.4 Å². The minimum atomic E-state index is 0.0578. The third-order valence-electron chi connectivity index (χ3n) is 4.69. The van der Waals surface area contributed by atoms with Crippen molar-refractivity contribution in [3.05, 3.63) is 22.4 Å². The van der Waals surface area contributed by atoms with Crippen LogP contribution in [0, 0.1) is 0 Å². The molecule has 0 saturated carbocycles. The van der Waals surface area contributed by atoms with Crippen LogP contribution in [0.25, 0.3) is 0 Å². The maximum atomic E-state index is 12.2. The number of carbonyl (C=O) groups excluding carboxylic acids is 1. The van der Waals surface area contributed by atoms with Gasteiger partial charge in [0.25, 0.3) is 0 Å². The van der Waals surface area contributed by atoms with Gasteiger partial charge < -0.3 is 20.0 Å². The van der Waals surface area contributed by atoms with Crippen LogP contribution in [0.2, 0.25) is 0 Å². The molecule has 2 heterocycles. The maximum Gasteiger partial charge on any atom is 0.317 e. The molecule has 1 N–H and O–H groups in total. The smallest absolute Gasteiger partial charge is 0.317 e. The number of piperazine rings is 1. The minimum absolute atomic E-state index is 0.0578. The number of nitrogens with zero attached hydrogens (tertiary/aromatic N) is 3. The van der Waals surface area contributed by atoms with Gasteiger partial charge >= 0.3 is 6.03 Å². The fourth-order valence-corrected chi connectivity index (χ4v) is 3.73. The Morgan fingerprint density at radius 2 is 1.96 bits per heavy atom. The first-order chi connectivity index (χ1) is 11.7. The molecule has 1 fully saturated rings. The van der Waals surface area contributed by atoms with Crippen LogP contribution in [0.5, 0.6) is 0 Å². The minimum Gasteiger partial charge on any atom is -0.338 e. The van der Waals surface area contributed by atoms with E-state index >= 15 is 0 Å². The van der Waals surface area contributed by atoms with Crippen molar-refractivity contribution >= 4 is 17.4 Å². The number of hydrogen-bond donors (Lipinski definition) is 1. The van der Waals surface area contributed by atoms with Crippen molar-refractivity contribution in [1.82, 2.24) is 20.0 Å². The standard InChI is InChI=1S/C18H32N4OS/c1-3-20-11-13-21(14-12-20)10-6-5-9-19-18(23)22(4-2)16-17-8-7-15-24-17/h7-8,15H,3-6,9-14,16H2,1-2H3,(H,19,23). The molecule has 1 aromatic rings. The molecule has 1 aliphatic rings. The summed E-state index contributed by atoms with van der Waals surface area (Å²) < 4.78 is 0. The molecule has 0 bridgehead atoms. The van der Waals surface area contributed by atoms with Gasteiger partial charge in [0, 0.05) is 44.1 Å². The number of amides is 2. The Labute approximate surface area is 150 Å². The van der Waals surface area contributed by atoms with Crippen LogP contribution in [-0.4, -0.2) is 73.1 Å². The molecule has 1 aliphatic heterocycles.